The van der Waals surface area contributed by atoms with Crippen LogP contribution in [-0.2, 0) is 4.79 Å². The lowest BCUT2D eigenvalue weighted by atomic mass is 9.95. The van der Waals surface area contributed by atoms with Gasteiger partial charge in [0, 0.05) is 25.6 Å². The molecule has 0 bridgehead atoms. The van der Waals surface area contributed by atoms with Gasteiger partial charge < -0.3 is 10.6 Å². The molecule has 1 aliphatic heterocycles. The molecule has 0 aromatic heterocycles. The van der Waals surface area contributed by atoms with Crippen LogP contribution in [0.2, 0.25) is 0 Å². The zero-order valence-electron chi connectivity index (χ0n) is 10.4. The SMILES string of the molecule is CCC1CCCN(C(=O)CCC(C)N)C1.Cl. The summed E-state index contributed by atoms with van der Waals surface area (Å²) in [6.45, 7) is 6.08. The lowest BCUT2D eigenvalue weighted by Gasteiger charge is -2.32. The zero-order chi connectivity index (χ0) is 11.3. The Morgan fingerprint density at radius 3 is 2.81 bits per heavy atom. The number of nitrogens with two attached hydrogens (primary N) is 1. The number of hydrogen-bond donors (Lipinski definition) is 1. The Kier molecular flexibility index (Phi) is 7.77. The van der Waals surface area contributed by atoms with Crippen LogP contribution in [0.1, 0.15) is 46.0 Å². The second-order valence-electron chi connectivity index (χ2n) is 4.77. The normalized spacial score (nSPS) is 22.4. The Morgan fingerprint density at radius 2 is 2.25 bits per heavy atom. The largest absolute Gasteiger partial charge is 0.342 e. The van der Waals surface area contributed by atoms with Crippen molar-refractivity contribution in [2.45, 2.75) is 52.0 Å². The molecule has 1 rings (SSSR count). The topological polar surface area (TPSA) is 46.3 Å². The fraction of sp³-hybridized carbons (Fsp3) is 0.917. The Bertz CT molecular complexity index is 209. The van der Waals surface area contributed by atoms with Gasteiger partial charge in [0.05, 0.1) is 0 Å². The summed E-state index contributed by atoms with van der Waals surface area (Å²) in [4.78, 5) is 13.9. The zero-order valence-corrected chi connectivity index (χ0v) is 11.3. The molecule has 1 amide bonds. The monoisotopic (exact) mass is 248 g/mol. The average Bonchev–Trinajstić information content (AvgIpc) is 2.26. The highest BCUT2D eigenvalue weighted by Gasteiger charge is 2.22. The summed E-state index contributed by atoms with van der Waals surface area (Å²) in [5.41, 5.74) is 5.65. The number of nitrogens with zero attached hydrogens (tertiary/aromatic N) is 1. The Labute approximate surface area is 105 Å². The summed E-state index contributed by atoms with van der Waals surface area (Å²) in [5, 5.41) is 0. The number of halogens is 1. The van der Waals surface area contributed by atoms with Gasteiger partial charge in [0.25, 0.3) is 0 Å². The van der Waals surface area contributed by atoms with Crippen LogP contribution in [0.4, 0.5) is 0 Å². The van der Waals surface area contributed by atoms with Crippen molar-refractivity contribution >= 4 is 18.3 Å². The molecule has 0 saturated carbocycles. The van der Waals surface area contributed by atoms with Gasteiger partial charge in [-0.1, -0.05) is 13.3 Å². The van der Waals surface area contributed by atoms with Crippen molar-refractivity contribution in [3.05, 3.63) is 0 Å². The number of piperidine rings is 1. The van der Waals surface area contributed by atoms with E-state index in [9.17, 15) is 4.79 Å². The second kappa shape index (κ2) is 7.91. The Balaban J connectivity index is 0.00000225. The van der Waals surface area contributed by atoms with Crippen LogP contribution >= 0.6 is 12.4 Å². The molecule has 2 N–H and O–H groups in total. The molecular weight excluding hydrogens is 224 g/mol. The number of likely N-dealkylation sites (tertiary alicyclic amines) is 1. The quantitative estimate of drug-likeness (QED) is 0.829. The molecule has 2 atom stereocenters. The predicted molar refractivity (Wildman–Crippen MR) is 69.7 cm³/mol. The molecule has 2 unspecified atom stereocenters. The first-order valence-electron chi connectivity index (χ1n) is 6.16. The van der Waals surface area contributed by atoms with E-state index in [1.807, 2.05) is 11.8 Å². The molecule has 0 aliphatic carbocycles. The molecule has 1 fully saturated rings. The molecule has 1 saturated heterocycles. The molecule has 3 nitrogen and oxygen atoms in total. The summed E-state index contributed by atoms with van der Waals surface area (Å²) in [7, 11) is 0. The van der Waals surface area contributed by atoms with Crippen molar-refractivity contribution in [3.8, 4) is 0 Å². The van der Waals surface area contributed by atoms with E-state index in [1.165, 1.54) is 19.3 Å². The lowest BCUT2D eigenvalue weighted by molar-refractivity contribution is -0.133. The fourth-order valence-corrected chi connectivity index (χ4v) is 2.13. The molecular formula is C12H25ClN2O. The second-order valence-corrected chi connectivity index (χ2v) is 4.77. The molecule has 16 heavy (non-hydrogen) atoms. The van der Waals surface area contributed by atoms with Crippen LogP contribution in [0.15, 0.2) is 0 Å². The number of carbonyl (C=O) groups excluding carboxylic acids is 1. The van der Waals surface area contributed by atoms with Crippen molar-refractivity contribution in [1.82, 2.24) is 4.90 Å². The minimum Gasteiger partial charge on any atom is -0.342 e. The maximum absolute atomic E-state index is 11.8. The smallest absolute Gasteiger partial charge is 0.222 e. The van der Waals surface area contributed by atoms with Crippen molar-refractivity contribution < 1.29 is 4.79 Å². The summed E-state index contributed by atoms with van der Waals surface area (Å²) in [6.07, 6.45) is 5.08. The number of carbonyl (C=O) groups is 1. The van der Waals surface area contributed by atoms with Gasteiger partial charge in [0.15, 0.2) is 0 Å². The van der Waals surface area contributed by atoms with E-state index in [0.717, 1.165) is 25.4 Å². The lowest BCUT2D eigenvalue weighted by Crippen LogP contribution is -2.40. The predicted octanol–water partition coefficient (Wildman–Crippen LogP) is 2.18. The van der Waals surface area contributed by atoms with E-state index >= 15 is 0 Å². The summed E-state index contributed by atoms with van der Waals surface area (Å²) in [6, 6.07) is 0.140. The number of rotatable bonds is 4. The molecule has 4 heteroatoms. The van der Waals surface area contributed by atoms with E-state index < -0.39 is 0 Å². The molecule has 96 valence electrons. The van der Waals surface area contributed by atoms with Crippen LogP contribution < -0.4 is 5.73 Å². The van der Waals surface area contributed by atoms with Gasteiger partial charge in [0.2, 0.25) is 5.91 Å². The number of hydrogen-bond acceptors (Lipinski definition) is 2. The molecule has 1 aliphatic rings. The summed E-state index contributed by atoms with van der Waals surface area (Å²) >= 11 is 0. The van der Waals surface area contributed by atoms with Crippen LogP contribution in [-0.4, -0.2) is 29.9 Å². The molecule has 1 heterocycles. The minimum atomic E-state index is 0. The van der Waals surface area contributed by atoms with Gasteiger partial charge in [0.1, 0.15) is 0 Å². The average molecular weight is 249 g/mol. The van der Waals surface area contributed by atoms with Crippen molar-refractivity contribution in [1.29, 1.82) is 0 Å². The first kappa shape index (κ1) is 15.7. The minimum absolute atomic E-state index is 0. The van der Waals surface area contributed by atoms with Gasteiger partial charge in [-0.05, 0) is 32.1 Å². The maximum atomic E-state index is 11.8. The highest BCUT2D eigenvalue weighted by Crippen LogP contribution is 2.19. The summed E-state index contributed by atoms with van der Waals surface area (Å²) in [5.74, 6) is 1.02. The van der Waals surface area contributed by atoms with E-state index in [4.69, 9.17) is 5.73 Å². The third-order valence-corrected chi connectivity index (χ3v) is 3.26. The molecule has 0 spiro atoms. The summed E-state index contributed by atoms with van der Waals surface area (Å²) < 4.78 is 0. The molecule has 0 aromatic carbocycles. The standard InChI is InChI=1S/C12H24N2O.ClH/c1-3-11-5-4-8-14(9-11)12(15)7-6-10(2)13;/h10-11H,3-9,13H2,1-2H3;1H. The van der Waals surface area contributed by atoms with Gasteiger partial charge in [-0.3, -0.25) is 4.79 Å². The van der Waals surface area contributed by atoms with Crippen molar-refractivity contribution in [3.63, 3.8) is 0 Å². The van der Waals surface area contributed by atoms with E-state index in [-0.39, 0.29) is 18.4 Å². The third kappa shape index (κ3) is 5.17. The molecule has 0 radical (unpaired) electrons. The van der Waals surface area contributed by atoms with Crippen LogP contribution in [0.3, 0.4) is 0 Å². The molecule has 0 aromatic rings. The van der Waals surface area contributed by atoms with E-state index in [0.29, 0.717) is 12.3 Å². The highest BCUT2D eigenvalue weighted by molar-refractivity contribution is 5.85. The van der Waals surface area contributed by atoms with E-state index in [2.05, 4.69) is 6.92 Å². The first-order valence-corrected chi connectivity index (χ1v) is 6.16. The van der Waals surface area contributed by atoms with E-state index in [1.54, 1.807) is 0 Å². The fourth-order valence-electron chi connectivity index (χ4n) is 2.13. The third-order valence-electron chi connectivity index (χ3n) is 3.26. The van der Waals surface area contributed by atoms with Gasteiger partial charge in [-0.25, -0.2) is 0 Å². The van der Waals surface area contributed by atoms with Crippen LogP contribution in [0.5, 0.6) is 0 Å². The van der Waals surface area contributed by atoms with Gasteiger partial charge in [-0.15, -0.1) is 12.4 Å². The van der Waals surface area contributed by atoms with Gasteiger partial charge >= 0.3 is 0 Å². The van der Waals surface area contributed by atoms with Gasteiger partial charge in [-0.2, -0.15) is 0 Å². The highest BCUT2D eigenvalue weighted by atomic mass is 35.5. The van der Waals surface area contributed by atoms with Crippen LogP contribution in [0, 0.1) is 5.92 Å². The van der Waals surface area contributed by atoms with Crippen molar-refractivity contribution in [2.75, 3.05) is 13.1 Å². The maximum Gasteiger partial charge on any atom is 0.222 e. The number of amides is 1. The Hall–Kier alpha value is -0.280. The van der Waals surface area contributed by atoms with Crippen molar-refractivity contribution in [2.24, 2.45) is 11.7 Å². The first-order chi connectivity index (χ1) is 7.13. The Morgan fingerprint density at radius 1 is 1.56 bits per heavy atom. The van der Waals surface area contributed by atoms with Crippen LogP contribution in [0.25, 0.3) is 0 Å².